The van der Waals surface area contributed by atoms with Crippen molar-refractivity contribution in [3.05, 3.63) is 47.6 Å². The highest BCUT2D eigenvalue weighted by Crippen LogP contribution is 2.60. The number of carbonyl (C=O) groups is 1. The van der Waals surface area contributed by atoms with E-state index >= 15 is 0 Å². The van der Waals surface area contributed by atoms with Crippen molar-refractivity contribution < 1.29 is 19.7 Å². The van der Waals surface area contributed by atoms with Gasteiger partial charge < -0.3 is 14.9 Å². The van der Waals surface area contributed by atoms with Gasteiger partial charge in [-0.05, 0) is 111 Å². The van der Waals surface area contributed by atoms with E-state index in [1.807, 2.05) is 0 Å². The van der Waals surface area contributed by atoms with Crippen LogP contribution in [0.2, 0.25) is 0 Å². The lowest BCUT2D eigenvalue weighted by Crippen LogP contribution is -2.37. The van der Waals surface area contributed by atoms with Crippen LogP contribution in [0.3, 0.4) is 0 Å². The molecule has 8 atom stereocenters. The minimum atomic E-state index is -0.490. The van der Waals surface area contributed by atoms with Crippen LogP contribution < -0.4 is 0 Å². The Balaban J connectivity index is 1.44. The maximum Gasteiger partial charge on any atom is 0.334 e. The van der Waals surface area contributed by atoms with Crippen LogP contribution in [0.4, 0.5) is 0 Å². The van der Waals surface area contributed by atoms with E-state index in [4.69, 9.17) is 9.84 Å². The Bertz CT molecular complexity index is 929. The molecule has 0 unspecified atom stereocenters. The standard InChI is InChI=1S/C33H50O4/c1-6-9-27-23(4)32(36)37-30(27)20-21(2)28-16-17-29-25(10-7-18-33(28,29)5)14-12-24-13-15-26(11-8-19-34)31(35)22(24)3/h12,14,21,26-31,34-35H,3-4,6-11,13,15-20H2,1-2,5H3/b24-12-,25-14+/t21-,26+,27+,28-,29+,30-,31-,33-/m1/s1. The lowest BCUT2D eigenvalue weighted by atomic mass is 9.60. The summed E-state index contributed by atoms with van der Waals surface area (Å²) >= 11 is 0. The van der Waals surface area contributed by atoms with Crippen LogP contribution in [-0.2, 0) is 9.53 Å². The molecule has 0 aromatic rings. The lowest BCUT2D eigenvalue weighted by Gasteiger charge is -2.45. The summed E-state index contributed by atoms with van der Waals surface area (Å²) in [5.41, 5.74) is 4.61. The normalized spacial score (nSPS) is 39.3. The molecule has 0 amide bonds. The van der Waals surface area contributed by atoms with Crippen LogP contribution in [0, 0.1) is 35.0 Å². The van der Waals surface area contributed by atoms with Crippen molar-refractivity contribution >= 4 is 5.97 Å². The molecule has 0 radical (unpaired) electrons. The predicted molar refractivity (Wildman–Crippen MR) is 150 cm³/mol. The Kier molecular flexibility index (Phi) is 9.22. The van der Waals surface area contributed by atoms with Crippen molar-refractivity contribution in [3.63, 3.8) is 0 Å². The Hall–Kier alpha value is -1.65. The molecule has 37 heavy (non-hydrogen) atoms. The third-order valence-corrected chi connectivity index (χ3v) is 10.6. The summed E-state index contributed by atoms with van der Waals surface area (Å²) in [5, 5.41) is 19.9. The molecule has 0 aromatic carbocycles. The van der Waals surface area contributed by atoms with Gasteiger partial charge in [-0.15, -0.1) is 0 Å². The molecule has 0 aromatic heterocycles. The molecule has 1 aliphatic heterocycles. The van der Waals surface area contributed by atoms with Gasteiger partial charge in [0.05, 0.1) is 6.10 Å². The van der Waals surface area contributed by atoms with Crippen molar-refractivity contribution in [2.24, 2.45) is 35.0 Å². The summed E-state index contributed by atoms with van der Waals surface area (Å²) in [6.45, 7) is 15.5. The average Bonchev–Trinajstić information content (AvgIpc) is 3.36. The Morgan fingerprint density at radius 1 is 1.14 bits per heavy atom. The van der Waals surface area contributed by atoms with Crippen molar-refractivity contribution in [2.75, 3.05) is 6.61 Å². The molecule has 4 aliphatic rings. The monoisotopic (exact) mass is 510 g/mol. The van der Waals surface area contributed by atoms with Gasteiger partial charge in [0.25, 0.3) is 0 Å². The molecular weight excluding hydrogens is 460 g/mol. The molecular formula is C33H50O4. The highest BCUT2D eigenvalue weighted by molar-refractivity contribution is 5.90. The van der Waals surface area contributed by atoms with Crippen molar-refractivity contribution in [2.45, 2.75) is 110 Å². The van der Waals surface area contributed by atoms with E-state index in [0.29, 0.717) is 28.7 Å². The second-order valence-corrected chi connectivity index (χ2v) is 12.7. The molecule has 1 heterocycles. The topological polar surface area (TPSA) is 66.8 Å². The summed E-state index contributed by atoms with van der Waals surface area (Å²) in [6, 6.07) is 0. The zero-order valence-corrected chi connectivity index (χ0v) is 23.5. The molecule has 0 bridgehead atoms. The molecule has 206 valence electrons. The molecule has 3 aliphatic carbocycles. The van der Waals surface area contributed by atoms with E-state index in [1.54, 1.807) is 5.57 Å². The fourth-order valence-electron chi connectivity index (χ4n) is 8.49. The first-order valence-corrected chi connectivity index (χ1v) is 15.0. The average molecular weight is 511 g/mol. The number of esters is 1. The molecule has 4 fully saturated rings. The number of aliphatic hydroxyl groups excluding tert-OH is 2. The second kappa shape index (κ2) is 12.0. The van der Waals surface area contributed by atoms with Gasteiger partial charge in [-0.25, -0.2) is 4.79 Å². The zero-order chi connectivity index (χ0) is 26.7. The van der Waals surface area contributed by atoms with Gasteiger partial charge in [-0.2, -0.15) is 0 Å². The molecule has 2 N–H and O–H groups in total. The van der Waals surface area contributed by atoms with Gasteiger partial charge in [0.2, 0.25) is 0 Å². The van der Waals surface area contributed by atoms with E-state index < -0.39 is 6.10 Å². The SMILES string of the molecule is C=C1/C(=C\C=C2/CCC[C@]3(C)[C@@H]([C@H](C)C[C@H]4OC(=O)C(=C)[C@@H]4CCC)CC[C@@H]23)CC[C@H](CCCO)[C@@H]1O. The van der Waals surface area contributed by atoms with Crippen LogP contribution in [-0.4, -0.2) is 35.0 Å². The first kappa shape index (κ1) is 28.4. The Labute approximate surface area is 224 Å². The van der Waals surface area contributed by atoms with Crippen molar-refractivity contribution in [1.29, 1.82) is 0 Å². The number of aliphatic hydroxyl groups is 2. The van der Waals surface area contributed by atoms with Crippen molar-refractivity contribution in [3.8, 4) is 0 Å². The third kappa shape index (κ3) is 5.71. The summed E-state index contributed by atoms with van der Waals surface area (Å²) < 4.78 is 5.81. The molecule has 1 saturated heterocycles. The molecule has 4 nitrogen and oxygen atoms in total. The van der Waals surface area contributed by atoms with E-state index in [0.717, 1.165) is 56.9 Å². The highest BCUT2D eigenvalue weighted by Gasteiger charge is 2.51. The molecule has 0 spiro atoms. The van der Waals surface area contributed by atoms with E-state index in [2.05, 4.69) is 46.1 Å². The number of allylic oxidation sites excluding steroid dienone is 3. The van der Waals surface area contributed by atoms with Gasteiger partial charge in [-0.3, -0.25) is 0 Å². The molecule has 4 heteroatoms. The number of rotatable bonds is 9. The number of hydrogen-bond acceptors (Lipinski definition) is 4. The van der Waals surface area contributed by atoms with Gasteiger partial charge in [0.15, 0.2) is 0 Å². The Morgan fingerprint density at radius 3 is 2.65 bits per heavy atom. The minimum absolute atomic E-state index is 0.00844. The van der Waals surface area contributed by atoms with Crippen LogP contribution >= 0.6 is 0 Å². The van der Waals surface area contributed by atoms with E-state index in [-0.39, 0.29) is 30.5 Å². The fourth-order valence-corrected chi connectivity index (χ4v) is 8.49. The quantitative estimate of drug-likeness (QED) is 0.257. The van der Waals surface area contributed by atoms with Gasteiger partial charge in [-0.1, -0.05) is 58.1 Å². The van der Waals surface area contributed by atoms with Gasteiger partial charge >= 0.3 is 5.97 Å². The molecule has 4 rings (SSSR count). The first-order chi connectivity index (χ1) is 17.7. The number of fused-ring (bicyclic) bond motifs is 1. The number of carbonyl (C=O) groups excluding carboxylic acids is 1. The maximum atomic E-state index is 12.3. The Morgan fingerprint density at radius 2 is 1.92 bits per heavy atom. The van der Waals surface area contributed by atoms with Crippen LogP contribution in [0.5, 0.6) is 0 Å². The smallest absolute Gasteiger partial charge is 0.334 e. The largest absolute Gasteiger partial charge is 0.458 e. The maximum absolute atomic E-state index is 12.3. The number of ether oxygens (including phenoxy) is 1. The first-order valence-electron chi connectivity index (χ1n) is 15.0. The number of cyclic esters (lactones) is 1. The van der Waals surface area contributed by atoms with Crippen LogP contribution in [0.15, 0.2) is 47.6 Å². The summed E-state index contributed by atoms with van der Waals surface area (Å²) in [6.07, 6.45) is 16.8. The lowest BCUT2D eigenvalue weighted by molar-refractivity contribution is -0.140. The fraction of sp³-hybridized carbons (Fsp3) is 0.727. The minimum Gasteiger partial charge on any atom is -0.458 e. The van der Waals surface area contributed by atoms with Crippen LogP contribution in [0.25, 0.3) is 0 Å². The zero-order valence-electron chi connectivity index (χ0n) is 23.5. The predicted octanol–water partition coefficient (Wildman–Crippen LogP) is 7.08. The van der Waals surface area contributed by atoms with Crippen LogP contribution in [0.1, 0.15) is 97.8 Å². The van der Waals surface area contributed by atoms with Gasteiger partial charge in [0, 0.05) is 18.1 Å². The number of hydrogen-bond donors (Lipinski definition) is 2. The van der Waals surface area contributed by atoms with Gasteiger partial charge in [0.1, 0.15) is 6.10 Å². The molecule has 3 saturated carbocycles. The van der Waals surface area contributed by atoms with E-state index in [9.17, 15) is 9.90 Å². The second-order valence-electron chi connectivity index (χ2n) is 12.7. The third-order valence-electron chi connectivity index (χ3n) is 10.6. The highest BCUT2D eigenvalue weighted by atomic mass is 16.6. The van der Waals surface area contributed by atoms with Crippen molar-refractivity contribution in [1.82, 2.24) is 0 Å². The summed E-state index contributed by atoms with van der Waals surface area (Å²) in [4.78, 5) is 12.3. The van der Waals surface area contributed by atoms with E-state index in [1.165, 1.54) is 31.3 Å². The summed E-state index contributed by atoms with van der Waals surface area (Å²) in [7, 11) is 0. The summed E-state index contributed by atoms with van der Waals surface area (Å²) in [5.74, 6) is 1.98.